The topological polar surface area (TPSA) is 88.4 Å². The molecule has 3 heterocycles. The van der Waals surface area contributed by atoms with E-state index < -0.39 is 25.8 Å². The van der Waals surface area contributed by atoms with Crippen LogP contribution in [-0.2, 0) is 13.6 Å². The van der Waals surface area contributed by atoms with Crippen LogP contribution in [0.25, 0.3) is 11.0 Å². The van der Waals surface area contributed by atoms with E-state index in [1.54, 1.807) is 19.1 Å². The number of anilines is 4. The Morgan fingerprint density at radius 1 is 1.08 bits per heavy atom. The van der Waals surface area contributed by atoms with E-state index in [-0.39, 0.29) is 24.1 Å². The first kappa shape index (κ1) is 20.8. The van der Waals surface area contributed by atoms with Gasteiger partial charge in [0, 0.05) is 18.3 Å². The van der Waals surface area contributed by atoms with Gasteiger partial charge in [0.2, 0.25) is 5.95 Å². The van der Waals surface area contributed by atoms with Gasteiger partial charge in [0.25, 0.3) is 0 Å². The van der Waals surface area contributed by atoms with Crippen LogP contribution < -0.4 is 19.9 Å². The summed E-state index contributed by atoms with van der Waals surface area (Å²) >= 11 is 0. The Balaban J connectivity index is 1.60. The van der Waals surface area contributed by atoms with Crippen molar-refractivity contribution in [3.8, 4) is 5.75 Å². The van der Waals surface area contributed by atoms with E-state index in [4.69, 9.17) is 8.85 Å². The van der Waals surface area contributed by atoms with Crippen LogP contribution in [0.5, 0.6) is 5.75 Å². The number of rotatable bonds is 5. The number of carbonyl (C=O) groups excluding carboxylic acids is 1. The average Bonchev–Trinajstić information content (AvgIpc) is 3.14. The molecule has 2 aromatic carbocycles. The summed E-state index contributed by atoms with van der Waals surface area (Å²) in [4.78, 5) is 29.8. The Hall–Kier alpha value is -4.35. The fraction of sp³-hybridized carbons (Fsp3) is 0.280. The molecule has 0 atom stereocenters. The summed E-state index contributed by atoms with van der Waals surface area (Å²) < 4.78 is 67.3. The Bertz CT molecular complexity index is 1600. The van der Waals surface area contributed by atoms with Gasteiger partial charge in [-0.05, 0) is 56.3 Å². The van der Waals surface area contributed by atoms with Crippen LogP contribution in [0.4, 0.5) is 41.1 Å². The molecule has 0 saturated carbocycles. The maximum Gasteiger partial charge on any atom is 0.405 e. The number of benzene rings is 2. The number of aryl methyl sites for hydroxylation is 3. The lowest BCUT2D eigenvalue weighted by atomic mass is 10.1. The lowest BCUT2D eigenvalue weighted by Crippen LogP contribution is -2.46. The van der Waals surface area contributed by atoms with E-state index in [1.807, 2.05) is 24.6 Å². The summed E-state index contributed by atoms with van der Waals surface area (Å²) in [6.07, 6.45) is -4.50. The number of fused-ring (bicyclic) bond motifs is 2. The van der Waals surface area contributed by atoms with Gasteiger partial charge in [-0.3, -0.25) is 4.90 Å². The first-order valence-corrected chi connectivity index (χ1v) is 11.2. The Labute approximate surface area is 214 Å². The minimum absolute atomic E-state index is 0.0497. The van der Waals surface area contributed by atoms with Crippen molar-refractivity contribution in [2.45, 2.75) is 26.6 Å². The second-order valence-corrected chi connectivity index (χ2v) is 8.59. The van der Waals surface area contributed by atoms with E-state index in [0.29, 0.717) is 22.6 Å². The highest BCUT2D eigenvalue weighted by Crippen LogP contribution is 2.38. The van der Waals surface area contributed by atoms with Gasteiger partial charge >= 0.3 is 12.2 Å². The number of hydrogen-bond donors (Lipinski definition) is 1. The molecule has 2 amide bonds. The van der Waals surface area contributed by atoms with E-state index in [0.717, 1.165) is 16.9 Å². The van der Waals surface area contributed by atoms with Crippen molar-refractivity contribution < 1.29 is 26.8 Å². The lowest BCUT2D eigenvalue weighted by Gasteiger charge is -2.37. The number of aromatic nitrogens is 4. The molecule has 4 aromatic rings. The fourth-order valence-electron chi connectivity index (χ4n) is 4.21. The predicted molar refractivity (Wildman–Crippen MR) is 133 cm³/mol. The number of amides is 2. The third-order valence-electron chi connectivity index (χ3n) is 6.20. The first-order valence-electron chi connectivity index (χ1n) is 12.7. The molecule has 2 aromatic heterocycles. The SMILES string of the molecule is [2H]C([2H])([2H])Oc1ccc(N2C(=O)N(c3ccc4nc(C)n(C)c4c3)Cc3c(C)nc(NCC(F)(F)F)nc32)cc1. The highest BCUT2D eigenvalue weighted by Gasteiger charge is 2.36. The maximum atomic E-state index is 14.0. The largest absolute Gasteiger partial charge is 0.497 e. The minimum atomic E-state index is -4.50. The van der Waals surface area contributed by atoms with Crippen molar-refractivity contribution in [2.75, 3.05) is 28.7 Å². The van der Waals surface area contributed by atoms with Gasteiger partial charge in [-0.1, -0.05) is 0 Å². The molecule has 0 aliphatic carbocycles. The van der Waals surface area contributed by atoms with Gasteiger partial charge < -0.3 is 14.6 Å². The summed E-state index contributed by atoms with van der Waals surface area (Å²) in [5, 5.41) is 2.18. The normalized spacial score (nSPS) is 15.3. The molecule has 37 heavy (non-hydrogen) atoms. The van der Waals surface area contributed by atoms with Gasteiger partial charge in [-0.15, -0.1) is 0 Å². The molecule has 9 nitrogen and oxygen atoms in total. The zero-order valence-electron chi connectivity index (χ0n) is 23.1. The molecule has 1 N–H and O–H groups in total. The van der Waals surface area contributed by atoms with Crippen LogP contribution in [0.15, 0.2) is 42.5 Å². The summed E-state index contributed by atoms with van der Waals surface area (Å²) in [6.45, 7) is 2.22. The number of carbonyl (C=O) groups is 1. The van der Waals surface area contributed by atoms with Crippen LogP contribution in [0.2, 0.25) is 0 Å². The average molecular weight is 515 g/mol. The molecule has 12 heteroatoms. The second-order valence-electron chi connectivity index (χ2n) is 8.59. The fourth-order valence-corrected chi connectivity index (χ4v) is 4.21. The van der Waals surface area contributed by atoms with Crippen molar-refractivity contribution in [1.82, 2.24) is 19.5 Å². The van der Waals surface area contributed by atoms with Crippen molar-refractivity contribution in [1.29, 1.82) is 0 Å². The monoisotopic (exact) mass is 514 g/mol. The first-order chi connectivity index (χ1) is 18.7. The number of hydrogen-bond acceptors (Lipinski definition) is 6. The highest BCUT2D eigenvalue weighted by atomic mass is 19.4. The van der Waals surface area contributed by atoms with Crippen LogP contribution in [0, 0.1) is 13.8 Å². The Morgan fingerprint density at radius 3 is 2.51 bits per heavy atom. The van der Waals surface area contributed by atoms with Gasteiger partial charge in [-0.2, -0.15) is 18.2 Å². The number of ether oxygens (including phenoxy) is 1. The molecule has 0 saturated heterocycles. The molecule has 0 radical (unpaired) electrons. The number of nitrogens with one attached hydrogen (secondary N) is 1. The number of methoxy groups -OCH3 is 1. The summed E-state index contributed by atoms with van der Waals surface area (Å²) in [6, 6.07) is 10.6. The van der Waals surface area contributed by atoms with Gasteiger partial charge in [0.05, 0.1) is 40.1 Å². The molecule has 192 valence electrons. The predicted octanol–water partition coefficient (Wildman–Crippen LogP) is 5.24. The molecule has 0 spiro atoms. The van der Waals surface area contributed by atoms with E-state index in [2.05, 4.69) is 20.3 Å². The third-order valence-corrected chi connectivity index (χ3v) is 6.20. The Kier molecular flexibility index (Phi) is 5.03. The zero-order valence-corrected chi connectivity index (χ0v) is 20.1. The zero-order chi connectivity index (χ0) is 29.0. The van der Waals surface area contributed by atoms with E-state index in [1.165, 1.54) is 34.1 Å². The second kappa shape index (κ2) is 8.95. The molecule has 0 unspecified atom stereocenters. The molecule has 1 aliphatic heterocycles. The van der Waals surface area contributed by atoms with Gasteiger partial charge in [0.15, 0.2) is 5.82 Å². The lowest BCUT2D eigenvalue weighted by molar-refractivity contribution is -0.115. The Morgan fingerprint density at radius 2 is 1.81 bits per heavy atom. The molecule has 1 aliphatic rings. The van der Waals surface area contributed by atoms with E-state index >= 15 is 0 Å². The number of halogens is 3. The van der Waals surface area contributed by atoms with E-state index in [9.17, 15) is 18.0 Å². The standard InChI is InChI=1S/C25H24F3N7O2/c1-14-19-12-34(17-7-10-20-21(11-17)33(3)15(2)31-20)24(36)35(16-5-8-18(37-4)9-6-16)22(19)32-23(30-14)29-13-25(26,27)28/h5-11H,12-13H2,1-4H3,(H,29,30,32)/i4D3. The molecular formula is C25H24F3N7O2. The number of alkyl halides is 3. The van der Waals surface area contributed by atoms with Gasteiger partial charge in [0.1, 0.15) is 18.1 Å². The van der Waals surface area contributed by atoms with Crippen LogP contribution in [0.1, 0.15) is 21.2 Å². The minimum Gasteiger partial charge on any atom is -0.497 e. The summed E-state index contributed by atoms with van der Waals surface area (Å²) in [5.74, 6) is 0.676. The molecule has 5 rings (SSSR count). The van der Waals surface area contributed by atoms with Crippen molar-refractivity contribution in [3.63, 3.8) is 0 Å². The highest BCUT2D eigenvalue weighted by molar-refractivity contribution is 6.10. The summed E-state index contributed by atoms with van der Waals surface area (Å²) in [7, 11) is -0.803. The smallest absolute Gasteiger partial charge is 0.405 e. The number of imidazole rings is 1. The van der Waals surface area contributed by atoms with Crippen molar-refractivity contribution in [2.24, 2.45) is 7.05 Å². The molecule has 0 fully saturated rings. The molecule has 0 bridgehead atoms. The third kappa shape index (κ3) is 4.50. The van der Waals surface area contributed by atoms with Crippen LogP contribution >= 0.6 is 0 Å². The van der Waals surface area contributed by atoms with Crippen molar-refractivity contribution >= 4 is 40.2 Å². The molecular weight excluding hydrogens is 487 g/mol. The number of nitrogens with zero attached hydrogens (tertiary/aromatic N) is 6. The number of urea groups is 1. The van der Waals surface area contributed by atoms with Gasteiger partial charge in [-0.25, -0.2) is 19.7 Å². The maximum absolute atomic E-state index is 14.0. The van der Waals surface area contributed by atoms with Crippen LogP contribution in [-0.4, -0.2) is 45.3 Å². The quantitative estimate of drug-likeness (QED) is 0.392. The van der Waals surface area contributed by atoms with Crippen molar-refractivity contribution in [3.05, 3.63) is 59.5 Å². The summed E-state index contributed by atoms with van der Waals surface area (Å²) in [5.41, 5.74) is 3.35. The van der Waals surface area contributed by atoms with Crippen LogP contribution in [0.3, 0.4) is 0 Å².